The number of nitrogens with two attached hydrogens (primary N) is 1. The highest BCUT2D eigenvalue weighted by molar-refractivity contribution is 5.92. The maximum atomic E-state index is 12.2. The van der Waals surface area contributed by atoms with Crippen LogP contribution in [0.2, 0.25) is 0 Å². The largest absolute Gasteiger partial charge is 0.366 e. The zero-order chi connectivity index (χ0) is 14.3. The van der Waals surface area contributed by atoms with Crippen molar-refractivity contribution in [3.63, 3.8) is 0 Å². The minimum absolute atomic E-state index is 0.111. The molecule has 4 heteroatoms. The minimum Gasteiger partial charge on any atom is -0.366 e. The van der Waals surface area contributed by atoms with E-state index in [1.807, 2.05) is 12.1 Å². The van der Waals surface area contributed by atoms with Gasteiger partial charge < -0.3 is 5.73 Å². The number of carbonyl (C=O) groups excluding carboxylic acids is 2. The van der Waals surface area contributed by atoms with E-state index in [9.17, 15) is 9.59 Å². The van der Waals surface area contributed by atoms with Gasteiger partial charge in [-0.1, -0.05) is 19.1 Å². The van der Waals surface area contributed by atoms with Crippen molar-refractivity contribution in [2.75, 3.05) is 6.54 Å². The highest BCUT2D eigenvalue weighted by Gasteiger charge is 2.46. The fourth-order valence-corrected chi connectivity index (χ4v) is 3.82. The van der Waals surface area contributed by atoms with Gasteiger partial charge in [-0.15, -0.1) is 0 Å². The molecule has 0 aromatic heterocycles. The van der Waals surface area contributed by atoms with Gasteiger partial charge in [-0.3, -0.25) is 14.5 Å². The van der Waals surface area contributed by atoms with E-state index in [-0.39, 0.29) is 12.0 Å². The van der Waals surface area contributed by atoms with E-state index < -0.39 is 5.91 Å². The van der Waals surface area contributed by atoms with E-state index in [2.05, 4.69) is 11.8 Å². The van der Waals surface area contributed by atoms with Crippen molar-refractivity contribution in [3.05, 3.63) is 35.4 Å². The number of piperidine rings is 2. The summed E-state index contributed by atoms with van der Waals surface area (Å²) in [6.07, 6.45) is 2.82. The van der Waals surface area contributed by atoms with Crippen molar-refractivity contribution in [1.29, 1.82) is 0 Å². The molecule has 1 aromatic rings. The normalized spacial score (nSPS) is 29.6. The maximum absolute atomic E-state index is 12.2. The fourth-order valence-electron chi connectivity index (χ4n) is 3.82. The monoisotopic (exact) mass is 272 g/mol. The lowest BCUT2D eigenvalue weighted by atomic mass is 9.71. The van der Waals surface area contributed by atoms with Gasteiger partial charge in [0.25, 0.3) is 0 Å². The Balaban J connectivity index is 1.94. The number of amides is 1. The number of carbonyl (C=O) groups is 2. The van der Waals surface area contributed by atoms with E-state index in [4.69, 9.17) is 5.73 Å². The molecule has 3 aliphatic rings. The first-order valence-corrected chi connectivity index (χ1v) is 7.30. The fraction of sp³-hybridized carbons (Fsp3) is 0.500. The molecule has 2 bridgehead atoms. The third kappa shape index (κ3) is 2.04. The number of hydrogen-bond donors (Lipinski definition) is 1. The van der Waals surface area contributed by atoms with Crippen LogP contribution in [-0.2, 0) is 4.79 Å². The van der Waals surface area contributed by atoms with Crippen LogP contribution in [0.1, 0.15) is 48.1 Å². The van der Waals surface area contributed by atoms with Crippen molar-refractivity contribution >= 4 is 11.7 Å². The second kappa shape index (κ2) is 5.02. The van der Waals surface area contributed by atoms with Crippen LogP contribution in [0.4, 0.5) is 0 Å². The van der Waals surface area contributed by atoms with Gasteiger partial charge >= 0.3 is 0 Å². The van der Waals surface area contributed by atoms with Gasteiger partial charge in [0.2, 0.25) is 5.91 Å². The van der Waals surface area contributed by atoms with Crippen LogP contribution in [-0.4, -0.2) is 29.2 Å². The zero-order valence-electron chi connectivity index (χ0n) is 11.7. The van der Waals surface area contributed by atoms with Crippen LogP contribution in [0.25, 0.3) is 0 Å². The van der Waals surface area contributed by atoms with E-state index >= 15 is 0 Å². The summed E-state index contributed by atoms with van der Waals surface area (Å²) in [5, 5.41) is 0. The minimum atomic E-state index is -0.412. The van der Waals surface area contributed by atoms with Gasteiger partial charge in [0, 0.05) is 30.0 Å². The van der Waals surface area contributed by atoms with E-state index in [0.29, 0.717) is 23.8 Å². The van der Waals surface area contributed by atoms with E-state index in [1.54, 1.807) is 12.1 Å². The Hall–Kier alpha value is -1.68. The zero-order valence-corrected chi connectivity index (χ0v) is 11.7. The van der Waals surface area contributed by atoms with Crippen molar-refractivity contribution in [2.45, 2.75) is 38.3 Å². The molecule has 106 valence electrons. The average molecular weight is 272 g/mol. The van der Waals surface area contributed by atoms with Crippen LogP contribution in [0.3, 0.4) is 0 Å². The Bertz CT molecular complexity index is 538. The van der Waals surface area contributed by atoms with Gasteiger partial charge in [-0.05, 0) is 37.1 Å². The van der Waals surface area contributed by atoms with Gasteiger partial charge in [0.1, 0.15) is 5.78 Å². The average Bonchev–Trinajstić information content (AvgIpc) is 2.47. The highest BCUT2D eigenvalue weighted by Crippen LogP contribution is 2.45. The maximum Gasteiger partial charge on any atom is 0.248 e. The summed E-state index contributed by atoms with van der Waals surface area (Å²) in [5.41, 5.74) is 6.92. The molecule has 0 spiro atoms. The Kier molecular flexibility index (Phi) is 3.34. The number of benzene rings is 1. The second-order valence-electron chi connectivity index (χ2n) is 5.77. The van der Waals surface area contributed by atoms with Gasteiger partial charge in [-0.2, -0.15) is 0 Å². The summed E-state index contributed by atoms with van der Waals surface area (Å²) in [6, 6.07) is 7.97. The molecule has 3 fully saturated rings. The van der Waals surface area contributed by atoms with Crippen LogP contribution in [0.15, 0.2) is 24.3 Å². The lowest BCUT2D eigenvalue weighted by molar-refractivity contribution is -0.137. The number of hydrogen-bond acceptors (Lipinski definition) is 3. The molecule has 4 rings (SSSR count). The highest BCUT2D eigenvalue weighted by atomic mass is 16.1. The van der Waals surface area contributed by atoms with Crippen LogP contribution < -0.4 is 5.73 Å². The number of ketones is 1. The van der Waals surface area contributed by atoms with Crippen LogP contribution in [0.5, 0.6) is 0 Å². The third-order valence-electron chi connectivity index (χ3n) is 4.77. The predicted molar refractivity (Wildman–Crippen MR) is 76.2 cm³/mol. The van der Waals surface area contributed by atoms with E-state index in [0.717, 1.165) is 24.9 Å². The molecule has 2 saturated heterocycles. The summed E-state index contributed by atoms with van der Waals surface area (Å²) in [6.45, 7) is 3.10. The molecule has 2 N–H and O–H groups in total. The smallest absolute Gasteiger partial charge is 0.248 e. The summed E-state index contributed by atoms with van der Waals surface area (Å²) in [4.78, 5) is 25.8. The molecule has 3 atom stereocenters. The molecule has 20 heavy (non-hydrogen) atoms. The number of Topliss-reactive ketones (excluding diaryl/α,β-unsaturated/α-hetero) is 1. The Morgan fingerprint density at radius 1 is 1.30 bits per heavy atom. The van der Waals surface area contributed by atoms with Gasteiger partial charge in [0.15, 0.2) is 0 Å². The topological polar surface area (TPSA) is 63.4 Å². The molecule has 1 aromatic carbocycles. The van der Waals surface area contributed by atoms with Crippen molar-refractivity contribution in [3.8, 4) is 0 Å². The summed E-state index contributed by atoms with van der Waals surface area (Å²) in [5.74, 6) is 0.0967. The predicted octanol–water partition coefficient (Wildman–Crippen LogP) is 1.90. The van der Waals surface area contributed by atoms with Crippen LogP contribution in [0, 0.1) is 5.92 Å². The number of primary amides is 1. The number of fused-ring (bicyclic) bond motifs is 3. The first-order chi connectivity index (χ1) is 9.61. The molecule has 0 radical (unpaired) electrons. The van der Waals surface area contributed by atoms with Gasteiger partial charge in [-0.25, -0.2) is 0 Å². The Morgan fingerprint density at radius 3 is 2.55 bits per heavy atom. The first kappa shape index (κ1) is 13.3. The van der Waals surface area contributed by atoms with Gasteiger partial charge in [0.05, 0.1) is 0 Å². The molecule has 2 heterocycles. The lowest BCUT2D eigenvalue weighted by Gasteiger charge is -2.50. The summed E-state index contributed by atoms with van der Waals surface area (Å²) < 4.78 is 0. The van der Waals surface area contributed by atoms with Crippen molar-refractivity contribution in [2.24, 2.45) is 11.7 Å². The van der Waals surface area contributed by atoms with Crippen molar-refractivity contribution < 1.29 is 9.59 Å². The Morgan fingerprint density at radius 2 is 2.00 bits per heavy atom. The molecular weight excluding hydrogens is 252 g/mol. The lowest BCUT2D eigenvalue weighted by Crippen LogP contribution is -2.54. The van der Waals surface area contributed by atoms with Crippen LogP contribution >= 0.6 is 0 Å². The summed E-state index contributed by atoms with van der Waals surface area (Å²) in [7, 11) is 0. The molecule has 3 unspecified atom stereocenters. The summed E-state index contributed by atoms with van der Waals surface area (Å²) >= 11 is 0. The SMILES string of the molecule is CCN1C2CCC(C(=O)C2)C1c1ccc(C(N)=O)cc1. The number of rotatable bonds is 3. The van der Waals surface area contributed by atoms with Crippen molar-refractivity contribution in [1.82, 2.24) is 4.90 Å². The molecule has 1 saturated carbocycles. The molecular formula is C16H20N2O2. The molecule has 1 amide bonds. The van der Waals surface area contributed by atoms with E-state index in [1.165, 1.54) is 0 Å². The second-order valence-corrected chi connectivity index (χ2v) is 5.77. The number of nitrogens with zero attached hydrogens (tertiary/aromatic N) is 1. The standard InChI is InChI=1S/C16H20N2O2/c1-2-18-12-7-8-13(14(19)9-12)15(18)10-3-5-11(6-4-10)16(17)20/h3-6,12-13,15H,2,7-9H2,1H3,(H2,17,20). The quantitative estimate of drug-likeness (QED) is 0.914. The molecule has 1 aliphatic carbocycles. The first-order valence-electron chi connectivity index (χ1n) is 7.30. The third-order valence-corrected chi connectivity index (χ3v) is 4.77. The molecule has 4 nitrogen and oxygen atoms in total. The molecule has 2 aliphatic heterocycles. The Labute approximate surface area is 118 Å².